The molecule has 1 atom stereocenters. The third kappa shape index (κ3) is 9.32. The van der Waals surface area contributed by atoms with E-state index in [1.165, 1.54) is 49.3 Å². The lowest BCUT2D eigenvalue weighted by molar-refractivity contribution is -0.385. The summed E-state index contributed by atoms with van der Waals surface area (Å²) in [5.74, 6) is -1.10. The van der Waals surface area contributed by atoms with Crippen LogP contribution in [0.25, 0.3) is 0 Å². The molecule has 1 N–H and O–H groups in total. The molecule has 0 radical (unpaired) electrons. The standard InChI is InChI=1S/C36H38Cl2N4O7S/c1-4-5-19-39-36(44)33(20-26-11-7-6-8-12-26)40(23-27-13-9-10-14-30(27)38)35(43)24-41(32-21-28(37)16-18-34(32)49-3)50(47,48)29-17-15-25(2)31(22-29)42(45)46/h6-18,21-22,33H,4-5,19-20,23-24H2,1-3H3,(H,39,44). The molecule has 0 aliphatic carbocycles. The predicted octanol–water partition coefficient (Wildman–Crippen LogP) is 6.97. The van der Waals surface area contributed by atoms with E-state index in [0.717, 1.165) is 22.4 Å². The summed E-state index contributed by atoms with van der Waals surface area (Å²) in [4.78, 5) is 40.6. The summed E-state index contributed by atoms with van der Waals surface area (Å²) in [6, 6.07) is 22.7. The summed E-state index contributed by atoms with van der Waals surface area (Å²) in [5, 5.41) is 15.2. The Morgan fingerprint density at radius 2 is 1.68 bits per heavy atom. The highest BCUT2D eigenvalue weighted by molar-refractivity contribution is 7.92. The number of carbonyl (C=O) groups excluding carboxylic acids is 2. The fourth-order valence-corrected chi connectivity index (χ4v) is 7.11. The molecule has 4 aromatic rings. The molecule has 50 heavy (non-hydrogen) atoms. The lowest BCUT2D eigenvalue weighted by atomic mass is 10.0. The van der Waals surface area contributed by atoms with Crippen LogP contribution in [-0.2, 0) is 32.6 Å². The Hall–Kier alpha value is -4.65. The van der Waals surface area contributed by atoms with E-state index < -0.39 is 49.9 Å². The minimum absolute atomic E-state index is 0.0724. The molecule has 0 aromatic heterocycles. The number of carbonyl (C=O) groups is 2. The number of nitro groups is 1. The second-order valence-corrected chi connectivity index (χ2v) is 14.2. The molecule has 0 spiro atoms. The van der Waals surface area contributed by atoms with Gasteiger partial charge >= 0.3 is 0 Å². The number of nitrogens with zero attached hydrogens (tertiary/aromatic N) is 3. The van der Waals surface area contributed by atoms with E-state index in [1.54, 1.807) is 24.3 Å². The fourth-order valence-electron chi connectivity index (χ4n) is 5.32. The molecule has 0 aliphatic rings. The van der Waals surface area contributed by atoms with Crippen molar-refractivity contribution in [1.82, 2.24) is 10.2 Å². The molecule has 1 unspecified atom stereocenters. The fraction of sp³-hybridized carbons (Fsp3) is 0.278. The Kier molecular flexibility index (Phi) is 13.2. The van der Waals surface area contributed by atoms with E-state index in [2.05, 4.69) is 5.32 Å². The molecule has 14 heteroatoms. The number of ether oxygens (including phenoxy) is 1. The molecule has 11 nitrogen and oxygen atoms in total. The Morgan fingerprint density at radius 1 is 0.980 bits per heavy atom. The van der Waals surface area contributed by atoms with Gasteiger partial charge in [0.25, 0.3) is 15.7 Å². The predicted molar refractivity (Wildman–Crippen MR) is 194 cm³/mol. The summed E-state index contributed by atoms with van der Waals surface area (Å²) < 4.78 is 35.2. The molecular formula is C36H38Cl2N4O7S. The lowest BCUT2D eigenvalue weighted by Crippen LogP contribution is -2.53. The summed E-state index contributed by atoms with van der Waals surface area (Å²) in [6.07, 6.45) is 1.66. The second kappa shape index (κ2) is 17.3. The van der Waals surface area contributed by atoms with Gasteiger partial charge in [0.15, 0.2) is 0 Å². The van der Waals surface area contributed by atoms with Crippen LogP contribution in [0.2, 0.25) is 10.0 Å². The van der Waals surface area contributed by atoms with Gasteiger partial charge in [0.2, 0.25) is 11.8 Å². The molecule has 4 aromatic carbocycles. The Labute approximate surface area is 302 Å². The van der Waals surface area contributed by atoms with Gasteiger partial charge in [0.1, 0.15) is 18.3 Å². The van der Waals surface area contributed by atoms with Crippen molar-refractivity contribution in [3.05, 3.63) is 128 Å². The number of unbranched alkanes of at least 4 members (excludes halogenated alkanes) is 1. The summed E-state index contributed by atoms with van der Waals surface area (Å²) in [5.41, 5.74) is 1.06. The van der Waals surface area contributed by atoms with E-state index in [-0.39, 0.29) is 35.0 Å². The van der Waals surface area contributed by atoms with Crippen LogP contribution in [0, 0.1) is 17.0 Å². The maximum absolute atomic E-state index is 14.7. The van der Waals surface area contributed by atoms with Crippen molar-refractivity contribution in [2.45, 2.75) is 50.6 Å². The number of nitrogens with one attached hydrogen (secondary N) is 1. The highest BCUT2D eigenvalue weighted by Crippen LogP contribution is 2.36. The SMILES string of the molecule is CCCCNC(=O)C(Cc1ccccc1)N(Cc1ccccc1Cl)C(=O)CN(c1cc(Cl)ccc1OC)S(=O)(=O)c1ccc(C)c([N+](=O)[O-])c1. The Morgan fingerprint density at radius 3 is 2.34 bits per heavy atom. The number of methoxy groups -OCH3 is 1. The second-order valence-electron chi connectivity index (χ2n) is 11.5. The number of aryl methyl sites for hydroxylation is 1. The number of rotatable bonds is 16. The number of amides is 2. The van der Waals surface area contributed by atoms with Gasteiger partial charge in [-0.1, -0.05) is 91.1 Å². The normalized spacial score (nSPS) is 11.8. The Balaban J connectivity index is 1.89. The number of sulfonamides is 1. The van der Waals surface area contributed by atoms with Gasteiger partial charge in [-0.05, 0) is 54.8 Å². The first-order valence-electron chi connectivity index (χ1n) is 15.8. The van der Waals surface area contributed by atoms with Gasteiger partial charge < -0.3 is 15.0 Å². The quantitative estimate of drug-likeness (QED) is 0.0744. The first kappa shape index (κ1) is 38.2. The average Bonchev–Trinajstić information content (AvgIpc) is 3.09. The van der Waals surface area contributed by atoms with Crippen molar-refractivity contribution < 1.29 is 27.7 Å². The van der Waals surface area contributed by atoms with Gasteiger partial charge in [-0.3, -0.25) is 24.0 Å². The van der Waals surface area contributed by atoms with Crippen LogP contribution in [0.5, 0.6) is 5.75 Å². The Bertz CT molecular complexity index is 1940. The largest absolute Gasteiger partial charge is 0.495 e. The number of hydrogen-bond donors (Lipinski definition) is 1. The molecule has 2 amide bonds. The number of halogens is 2. The van der Waals surface area contributed by atoms with Crippen molar-refractivity contribution in [2.24, 2.45) is 0 Å². The summed E-state index contributed by atoms with van der Waals surface area (Å²) >= 11 is 12.9. The average molecular weight is 742 g/mol. The van der Waals surface area contributed by atoms with Crippen LogP contribution in [0.4, 0.5) is 11.4 Å². The zero-order chi connectivity index (χ0) is 36.4. The minimum Gasteiger partial charge on any atom is -0.495 e. The molecule has 0 saturated carbocycles. The van der Waals surface area contributed by atoms with E-state index in [1.807, 2.05) is 37.3 Å². The van der Waals surface area contributed by atoms with Gasteiger partial charge in [0.05, 0.1) is 22.6 Å². The molecule has 264 valence electrons. The van der Waals surface area contributed by atoms with Crippen LogP contribution in [0.15, 0.2) is 95.9 Å². The van der Waals surface area contributed by atoms with Crippen LogP contribution in [0.1, 0.15) is 36.5 Å². The maximum atomic E-state index is 14.7. The van der Waals surface area contributed by atoms with Crippen LogP contribution in [0.3, 0.4) is 0 Å². The maximum Gasteiger partial charge on any atom is 0.273 e. The van der Waals surface area contributed by atoms with Gasteiger partial charge in [-0.15, -0.1) is 0 Å². The van der Waals surface area contributed by atoms with Gasteiger partial charge in [-0.2, -0.15) is 0 Å². The van der Waals surface area contributed by atoms with Crippen molar-refractivity contribution in [2.75, 3.05) is 24.5 Å². The van der Waals surface area contributed by atoms with Crippen LogP contribution in [-0.4, -0.2) is 56.3 Å². The number of hydrogen-bond acceptors (Lipinski definition) is 7. The van der Waals surface area contributed by atoms with Gasteiger partial charge in [0, 0.05) is 41.2 Å². The number of nitro benzene ring substituents is 1. The van der Waals surface area contributed by atoms with Crippen LogP contribution >= 0.6 is 23.2 Å². The van der Waals surface area contributed by atoms with E-state index in [0.29, 0.717) is 23.6 Å². The topological polar surface area (TPSA) is 139 Å². The zero-order valence-electron chi connectivity index (χ0n) is 27.8. The molecule has 0 saturated heterocycles. The molecule has 0 aliphatic heterocycles. The zero-order valence-corrected chi connectivity index (χ0v) is 30.2. The third-order valence-corrected chi connectivity index (χ3v) is 10.4. The summed E-state index contributed by atoms with van der Waals surface area (Å²) in [6.45, 7) is 2.90. The summed E-state index contributed by atoms with van der Waals surface area (Å²) in [7, 11) is -3.36. The first-order valence-corrected chi connectivity index (χ1v) is 18.0. The van der Waals surface area contributed by atoms with E-state index in [4.69, 9.17) is 27.9 Å². The van der Waals surface area contributed by atoms with Crippen LogP contribution < -0.4 is 14.4 Å². The monoisotopic (exact) mass is 740 g/mol. The highest BCUT2D eigenvalue weighted by Gasteiger charge is 2.36. The van der Waals surface area contributed by atoms with Crippen molar-refractivity contribution >= 4 is 56.4 Å². The van der Waals surface area contributed by atoms with Crippen molar-refractivity contribution in [3.8, 4) is 5.75 Å². The molecule has 0 fully saturated rings. The molecule has 4 rings (SSSR count). The minimum atomic E-state index is -4.69. The molecular weight excluding hydrogens is 703 g/mol. The molecule has 0 bridgehead atoms. The smallest absolute Gasteiger partial charge is 0.273 e. The van der Waals surface area contributed by atoms with E-state index in [9.17, 15) is 28.1 Å². The third-order valence-electron chi connectivity index (χ3n) is 8.05. The lowest BCUT2D eigenvalue weighted by Gasteiger charge is -2.34. The van der Waals surface area contributed by atoms with Crippen molar-refractivity contribution in [1.29, 1.82) is 0 Å². The highest BCUT2D eigenvalue weighted by atomic mass is 35.5. The molecule has 0 heterocycles. The number of benzene rings is 4. The van der Waals surface area contributed by atoms with Gasteiger partial charge in [-0.25, -0.2) is 8.42 Å². The first-order chi connectivity index (χ1) is 23.9. The van der Waals surface area contributed by atoms with E-state index >= 15 is 0 Å². The number of anilines is 1. The van der Waals surface area contributed by atoms with Crippen molar-refractivity contribution in [3.63, 3.8) is 0 Å².